The van der Waals surface area contributed by atoms with Gasteiger partial charge in [0, 0.05) is 0 Å². The van der Waals surface area contributed by atoms with Gasteiger partial charge in [0.2, 0.25) is 0 Å². The van der Waals surface area contributed by atoms with E-state index in [1.165, 1.54) is 0 Å². The van der Waals surface area contributed by atoms with Crippen LogP contribution in [-0.2, 0) is 12.8 Å². The van der Waals surface area contributed by atoms with E-state index in [9.17, 15) is 14.7 Å². The minimum atomic E-state index is -5.07. The second-order valence-electron chi connectivity index (χ2n) is 4.94. The summed E-state index contributed by atoms with van der Waals surface area (Å²) >= 11 is 0. The van der Waals surface area contributed by atoms with Crippen LogP contribution in [-0.4, -0.2) is 14.7 Å². The average molecular weight is 292 g/mol. The number of benzene rings is 2. The third kappa shape index (κ3) is 2.50. The SMILES string of the molecule is CCc1ccccc1P(O)(O)(O)c1ccccc1CC. The summed E-state index contributed by atoms with van der Waals surface area (Å²) in [5.41, 5.74) is 1.51. The Hall–Kier alpha value is -1.25. The zero-order chi connectivity index (χ0) is 14.8. The molecule has 0 aliphatic heterocycles. The summed E-state index contributed by atoms with van der Waals surface area (Å²) < 4.78 is 0. The van der Waals surface area contributed by atoms with Gasteiger partial charge in [-0.15, -0.1) is 0 Å². The van der Waals surface area contributed by atoms with E-state index in [4.69, 9.17) is 0 Å². The van der Waals surface area contributed by atoms with Gasteiger partial charge in [0.25, 0.3) is 0 Å². The van der Waals surface area contributed by atoms with Crippen molar-refractivity contribution in [2.45, 2.75) is 26.7 Å². The van der Waals surface area contributed by atoms with Gasteiger partial charge in [0.15, 0.2) is 0 Å². The molecular formula is C16H21O3P. The first-order valence-corrected chi connectivity index (χ1v) is 8.92. The molecule has 0 unspecified atom stereocenters. The van der Waals surface area contributed by atoms with Crippen molar-refractivity contribution in [3.05, 3.63) is 59.7 Å². The Kier molecular flexibility index (Phi) is 3.99. The maximum absolute atomic E-state index is 10.8. The van der Waals surface area contributed by atoms with Gasteiger partial charge < -0.3 is 0 Å². The molecule has 3 N–H and O–H groups in total. The topological polar surface area (TPSA) is 60.7 Å². The van der Waals surface area contributed by atoms with E-state index in [2.05, 4.69) is 0 Å². The van der Waals surface area contributed by atoms with Crippen molar-refractivity contribution in [2.75, 3.05) is 0 Å². The number of hydrogen-bond acceptors (Lipinski definition) is 3. The fourth-order valence-corrected chi connectivity index (χ4v) is 5.06. The van der Waals surface area contributed by atoms with Crippen molar-refractivity contribution < 1.29 is 14.7 Å². The summed E-state index contributed by atoms with van der Waals surface area (Å²) in [6.07, 6.45) is 1.26. The first-order valence-electron chi connectivity index (χ1n) is 6.82. The van der Waals surface area contributed by atoms with Crippen LogP contribution in [0.3, 0.4) is 0 Å². The summed E-state index contributed by atoms with van der Waals surface area (Å²) in [6, 6.07) is 13.9. The van der Waals surface area contributed by atoms with Gasteiger partial charge in [-0.1, -0.05) is 0 Å². The van der Waals surface area contributed by atoms with E-state index >= 15 is 0 Å². The third-order valence-corrected chi connectivity index (χ3v) is 6.28. The van der Waals surface area contributed by atoms with Crippen LogP contribution in [0.2, 0.25) is 0 Å². The van der Waals surface area contributed by atoms with Crippen molar-refractivity contribution >= 4 is 17.9 Å². The molecule has 2 rings (SSSR count). The number of hydrogen-bond donors (Lipinski definition) is 3. The Morgan fingerprint density at radius 2 is 1.05 bits per heavy atom. The summed E-state index contributed by atoms with van der Waals surface area (Å²) in [7, 11) is -5.07. The van der Waals surface area contributed by atoms with Crippen molar-refractivity contribution in [2.24, 2.45) is 0 Å². The first-order chi connectivity index (χ1) is 9.39. The van der Waals surface area contributed by atoms with Gasteiger partial charge in [-0.2, -0.15) is 0 Å². The second-order valence-corrected chi connectivity index (χ2v) is 7.87. The van der Waals surface area contributed by atoms with Crippen molar-refractivity contribution in [1.82, 2.24) is 0 Å². The predicted octanol–water partition coefficient (Wildman–Crippen LogP) is 2.04. The first kappa shape index (κ1) is 15.1. The van der Waals surface area contributed by atoms with Gasteiger partial charge in [-0.05, 0) is 0 Å². The van der Waals surface area contributed by atoms with Gasteiger partial charge in [-0.3, -0.25) is 0 Å². The van der Waals surface area contributed by atoms with Crippen LogP contribution in [0.5, 0.6) is 0 Å². The molecule has 20 heavy (non-hydrogen) atoms. The normalized spacial score (nSPS) is 13.8. The van der Waals surface area contributed by atoms with Gasteiger partial charge >= 0.3 is 119 Å². The van der Waals surface area contributed by atoms with E-state index in [0.29, 0.717) is 12.8 Å². The standard InChI is InChI=1S/C16H21O3P/c1-3-13-9-5-7-11-15(13)20(17,18,19)16-12-8-6-10-14(16)4-2/h5-12,17-19H,3-4H2,1-2H3. The van der Waals surface area contributed by atoms with Crippen LogP contribution < -0.4 is 10.6 Å². The zero-order valence-corrected chi connectivity index (χ0v) is 12.7. The summed E-state index contributed by atoms with van der Waals surface area (Å²) in [5.74, 6) is 0. The molecule has 0 radical (unpaired) electrons. The number of rotatable bonds is 4. The Morgan fingerprint density at radius 1 is 0.700 bits per heavy atom. The molecule has 3 nitrogen and oxygen atoms in total. The molecule has 0 atom stereocenters. The average Bonchev–Trinajstić information content (AvgIpc) is 2.46. The third-order valence-electron chi connectivity index (χ3n) is 3.63. The van der Waals surface area contributed by atoms with Crippen LogP contribution in [0, 0.1) is 0 Å². The number of aryl methyl sites for hydroxylation is 2. The van der Waals surface area contributed by atoms with Crippen LogP contribution in [0.4, 0.5) is 0 Å². The zero-order valence-electron chi connectivity index (χ0n) is 11.8. The fourth-order valence-electron chi connectivity index (χ4n) is 2.55. The quantitative estimate of drug-likeness (QED) is 0.756. The maximum atomic E-state index is 10.8. The molecular weight excluding hydrogens is 271 g/mol. The predicted molar refractivity (Wildman–Crippen MR) is 84.5 cm³/mol. The van der Waals surface area contributed by atoms with E-state index < -0.39 is 7.28 Å². The Morgan fingerprint density at radius 3 is 1.40 bits per heavy atom. The summed E-state index contributed by atoms with van der Waals surface area (Å²) in [6.45, 7) is 3.86. The minimum absolute atomic E-state index is 0.238. The summed E-state index contributed by atoms with van der Waals surface area (Å²) in [4.78, 5) is 32.4. The fraction of sp³-hybridized carbons (Fsp3) is 0.250. The van der Waals surface area contributed by atoms with Crippen LogP contribution in [0.25, 0.3) is 0 Å². The van der Waals surface area contributed by atoms with Crippen LogP contribution in [0.15, 0.2) is 48.5 Å². The van der Waals surface area contributed by atoms with Gasteiger partial charge in [0.1, 0.15) is 0 Å². The molecule has 0 aliphatic rings. The molecule has 0 heterocycles. The molecule has 0 spiro atoms. The van der Waals surface area contributed by atoms with E-state index in [1.54, 1.807) is 24.3 Å². The van der Waals surface area contributed by atoms with Crippen molar-refractivity contribution in [3.63, 3.8) is 0 Å². The molecule has 0 saturated heterocycles. The molecule has 4 heteroatoms. The van der Waals surface area contributed by atoms with Crippen molar-refractivity contribution in [1.29, 1.82) is 0 Å². The monoisotopic (exact) mass is 292 g/mol. The van der Waals surface area contributed by atoms with Crippen LogP contribution in [0.1, 0.15) is 25.0 Å². The van der Waals surface area contributed by atoms with Crippen molar-refractivity contribution in [3.8, 4) is 0 Å². The molecule has 0 aliphatic carbocycles. The molecule has 108 valence electrons. The molecule has 0 fully saturated rings. The van der Waals surface area contributed by atoms with E-state index in [-0.39, 0.29) is 10.6 Å². The molecule has 0 bridgehead atoms. The van der Waals surface area contributed by atoms with E-state index in [0.717, 1.165) is 11.1 Å². The van der Waals surface area contributed by atoms with Crippen LogP contribution >= 0.6 is 7.28 Å². The Balaban J connectivity index is 2.73. The van der Waals surface area contributed by atoms with E-state index in [1.807, 2.05) is 38.1 Å². The van der Waals surface area contributed by atoms with Gasteiger partial charge in [-0.25, -0.2) is 0 Å². The second kappa shape index (κ2) is 5.27. The molecule has 0 aromatic heterocycles. The van der Waals surface area contributed by atoms with Gasteiger partial charge in [0.05, 0.1) is 0 Å². The molecule has 2 aromatic carbocycles. The molecule has 0 amide bonds. The Labute approximate surface area is 119 Å². The molecule has 0 saturated carbocycles. The summed E-state index contributed by atoms with van der Waals surface area (Å²) in [5, 5.41) is 0.476. The molecule has 2 aromatic rings. The Bertz CT molecular complexity index is 563.